The predicted octanol–water partition coefficient (Wildman–Crippen LogP) is -4.01. The third kappa shape index (κ3) is 7.13. The topological polar surface area (TPSA) is 209 Å². The zero-order chi connectivity index (χ0) is 24.7. The minimum Gasteiger partial charge on any atom is -0.394 e. The summed E-state index contributed by atoms with van der Waals surface area (Å²) in [6.07, 6.45) is -15.8. The zero-order valence-electron chi connectivity index (χ0n) is 18.1. The Kier molecular flexibility index (Phi) is 10.6. The number of carbonyl (C=O) groups excluding carboxylic acids is 1. The van der Waals surface area contributed by atoms with Gasteiger partial charge in [0, 0.05) is 6.04 Å². The van der Waals surface area contributed by atoms with Crippen molar-refractivity contribution in [1.29, 1.82) is 0 Å². The highest BCUT2D eigenvalue weighted by atomic mass is 16.7. The molecule has 1 fully saturated rings. The second kappa shape index (κ2) is 12.7. The Bertz CT molecular complexity index is 721. The van der Waals surface area contributed by atoms with Gasteiger partial charge in [0.05, 0.1) is 13.2 Å². The maximum atomic E-state index is 12.4. The number of carbonyl (C=O) groups is 1. The van der Waals surface area contributed by atoms with E-state index in [1.54, 1.807) is 6.92 Å². The van der Waals surface area contributed by atoms with Crippen molar-refractivity contribution in [1.82, 2.24) is 5.32 Å². The van der Waals surface area contributed by atoms with Crippen LogP contribution >= 0.6 is 0 Å². The molecule has 1 heterocycles. The van der Waals surface area contributed by atoms with Gasteiger partial charge in [0.15, 0.2) is 12.4 Å². The van der Waals surface area contributed by atoms with E-state index in [4.69, 9.17) is 9.47 Å². The maximum absolute atomic E-state index is 12.4. The minimum absolute atomic E-state index is 0.422. The monoisotopic (exact) mass is 475 g/mol. The number of ether oxygens (including phenoxy) is 2. The molecule has 0 saturated carbocycles. The average Bonchev–Trinajstić information content (AvgIpc) is 2.81. The Morgan fingerprint density at radius 2 is 1.70 bits per heavy atom. The third-order valence-electron chi connectivity index (χ3n) is 5.41. The number of hydrogen-bond donors (Lipinski definition) is 9. The molecule has 0 spiro atoms. The lowest BCUT2D eigenvalue weighted by atomic mass is 9.98. The highest BCUT2D eigenvalue weighted by Crippen LogP contribution is 2.25. The molecular formula is C21H33NO11. The number of aliphatic hydroxyl groups excluding tert-OH is 8. The van der Waals surface area contributed by atoms with E-state index in [0.29, 0.717) is 6.42 Å². The molecule has 1 aromatic carbocycles. The lowest BCUT2D eigenvalue weighted by Crippen LogP contribution is -2.62. The number of aliphatic hydroxyl groups is 8. The maximum Gasteiger partial charge on any atom is 0.251 e. The van der Waals surface area contributed by atoms with Crippen LogP contribution in [0.5, 0.6) is 0 Å². The summed E-state index contributed by atoms with van der Waals surface area (Å²) in [5.74, 6) is -0.974. The van der Waals surface area contributed by atoms with Gasteiger partial charge in [-0.1, -0.05) is 30.3 Å². The molecule has 1 aliphatic heterocycles. The van der Waals surface area contributed by atoms with Crippen LogP contribution in [0.4, 0.5) is 0 Å². The van der Waals surface area contributed by atoms with E-state index in [1.807, 2.05) is 30.3 Å². The number of amides is 1. The molecule has 9 N–H and O–H groups in total. The molecule has 1 saturated heterocycles. The minimum atomic E-state index is -2.10. The normalized spacial score (nSPS) is 30.2. The van der Waals surface area contributed by atoms with Gasteiger partial charge in [0.1, 0.15) is 42.7 Å². The molecule has 0 aromatic heterocycles. The molecule has 2 rings (SSSR count). The van der Waals surface area contributed by atoms with Gasteiger partial charge in [0.25, 0.3) is 5.91 Å². The van der Waals surface area contributed by atoms with Crippen LogP contribution in [0.15, 0.2) is 30.3 Å². The van der Waals surface area contributed by atoms with Crippen LogP contribution < -0.4 is 5.32 Å². The fourth-order valence-electron chi connectivity index (χ4n) is 3.52. The summed E-state index contributed by atoms with van der Waals surface area (Å²) < 4.78 is 10.4. The SMILES string of the molecule is C[C@@H](Cc1ccccc1)NC(=O)[C@H](O)[C@@H](O)[C@H](O[C@@H]1O[C@H](CO)[C@H](O)[C@@H](O)[C@@H]1O)[C@H](O)CO. The van der Waals surface area contributed by atoms with Gasteiger partial charge in [-0.3, -0.25) is 4.79 Å². The van der Waals surface area contributed by atoms with Gasteiger partial charge < -0.3 is 55.6 Å². The van der Waals surface area contributed by atoms with E-state index < -0.39 is 80.3 Å². The highest BCUT2D eigenvalue weighted by Gasteiger charge is 2.47. The fourth-order valence-corrected chi connectivity index (χ4v) is 3.52. The van der Waals surface area contributed by atoms with Crippen molar-refractivity contribution in [2.45, 2.75) is 74.5 Å². The van der Waals surface area contributed by atoms with E-state index in [0.717, 1.165) is 5.56 Å². The van der Waals surface area contributed by atoms with Crippen molar-refractivity contribution in [2.24, 2.45) is 0 Å². The van der Waals surface area contributed by atoms with Crippen LogP contribution in [0, 0.1) is 0 Å². The summed E-state index contributed by atoms with van der Waals surface area (Å²) in [6.45, 7) is -0.00266. The van der Waals surface area contributed by atoms with E-state index in [2.05, 4.69) is 5.32 Å². The second-order valence-electron chi connectivity index (χ2n) is 8.08. The molecule has 12 nitrogen and oxygen atoms in total. The third-order valence-corrected chi connectivity index (χ3v) is 5.41. The van der Waals surface area contributed by atoms with Crippen LogP contribution in [0.1, 0.15) is 12.5 Å². The highest BCUT2D eigenvalue weighted by molar-refractivity contribution is 5.81. The predicted molar refractivity (Wildman–Crippen MR) is 111 cm³/mol. The van der Waals surface area contributed by atoms with Crippen molar-refractivity contribution in [3.05, 3.63) is 35.9 Å². The summed E-state index contributed by atoms with van der Waals surface area (Å²) in [4.78, 5) is 12.4. The molecule has 10 atom stereocenters. The summed E-state index contributed by atoms with van der Waals surface area (Å²) in [6, 6.07) is 8.80. The molecule has 0 bridgehead atoms. The molecule has 1 aliphatic rings. The molecular weight excluding hydrogens is 442 g/mol. The summed E-state index contributed by atoms with van der Waals surface area (Å²) in [5, 5.41) is 81.8. The number of hydrogen-bond acceptors (Lipinski definition) is 11. The largest absolute Gasteiger partial charge is 0.394 e. The van der Waals surface area contributed by atoms with Crippen LogP contribution in [0.25, 0.3) is 0 Å². The van der Waals surface area contributed by atoms with Gasteiger partial charge in [-0.05, 0) is 18.9 Å². The molecule has 188 valence electrons. The number of nitrogens with one attached hydrogen (secondary N) is 1. The molecule has 33 heavy (non-hydrogen) atoms. The average molecular weight is 475 g/mol. The van der Waals surface area contributed by atoms with Gasteiger partial charge in [0.2, 0.25) is 0 Å². The van der Waals surface area contributed by atoms with Crippen LogP contribution in [0.2, 0.25) is 0 Å². The van der Waals surface area contributed by atoms with Gasteiger partial charge in [-0.2, -0.15) is 0 Å². The van der Waals surface area contributed by atoms with Gasteiger partial charge >= 0.3 is 0 Å². The first-order valence-corrected chi connectivity index (χ1v) is 10.6. The van der Waals surface area contributed by atoms with Crippen LogP contribution in [-0.4, -0.2) is 121 Å². The second-order valence-corrected chi connectivity index (χ2v) is 8.08. The smallest absolute Gasteiger partial charge is 0.251 e. The summed E-state index contributed by atoms with van der Waals surface area (Å²) in [5.41, 5.74) is 0.930. The first-order valence-electron chi connectivity index (χ1n) is 10.6. The van der Waals surface area contributed by atoms with Crippen molar-refractivity contribution in [2.75, 3.05) is 13.2 Å². The molecule has 0 unspecified atom stereocenters. The number of rotatable bonds is 11. The Balaban J connectivity index is 2.06. The lowest BCUT2D eigenvalue weighted by Gasteiger charge is -2.42. The quantitative estimate of drug-likeness (QED) is 0.151. The van der Waals surface area contributed by atoms with E-state index in [1.165, 1.54) is 0 Å². The Morgan fingerprint density at radius 1 is 1.06 bits per heavy atom. The van der Waals surface area contributed by atoms with E-state index >= 15 is 0 Å². The first kappa shape index (κ1) is 27.5. The zero-order valence-corrected chi connectivity index (χ0v) is 18.1. The fraction of sp³-hybridized carbons (Fsp3) is 0.667. The number of benzene rings is 1. The van der Waals surface area contributed by atoms with E-state index in [-0.39, 0.29) is 0 Å². The Morgan fingerprint density at radius 3 is 2.27 bits per heavy atom. The van der Waals surface area contributed by atoms with Gasteiger partial charge in [-0.15, -0.1) is 0 Å². The molecule has 12 heteroatoms. The van der Waals surface area contributed by atoms with Crippen LogP contribution in [0.3, 0.4) is 0 Å². The molecule has 0 radical (unpaired) electrons. The summed E-state index contributed by atoms with van der Waals surface area (Å²) >= 11 is 0. The standard InChI is InChI=1S/C21H33NO11/c1-10(7-11-5-3-2-4-6-11)22-20(31)17(29)16(28)19(12(25)8-23)33-21-18(30)15(27)14(26)13(9-24)32-21/h2-6,10,12-19,21,23-30H,7-9H2,1H3,(H,22,31)/t10-,12+,13+,14-,15+,16+,17+,18-,19+,21-/m0/s1. The molecule has 1 aromatic rings. The molecule has 1 amide bonds. The molecule has 0 aliphatic carbocycles. The Hall–Kier alpha value is -1.71. The Labute approximate surface area is 190 Å². The van der Waals surface area contributed by atoms with Crippen molar-refractivity contribution in [3.8, 4) is 0 Å². The van der Waals surface area contributed by atoms with Gasteiger partial charge in [-0.25, -0.2) is 0 Å². The van der Waals surface area contributed by atoms with Crippen molar-refractivity contribution < 1.29 is 55.1 Å². The first-order chi connectivity index (χ1) is 15.6. The lowest BCUT2D eigenvalue weighted by molar-refractivity contribution is -0.326. The van der Waals surface area contributed by atoms with Crippen LogP contribution in [-0.2, 0) is 20.7 Å². The van der Waals surface area contributed by atoms with Crippen molar-refractivity contribution in [3.63, 3.8) is 0 Å². The van der Waals surface area contributed by atoms with Crippen molar-refractivity contribution >= 4 is 5.91 Å². The van der Waals surface area contributed by atoms with E-state index in [9.17, 15) is 45.6 Å². The summed E-state index contributed by atoms with van der Waals surface area (Å²) in [7, 11) is 0.